The molecular weight excluding hydrogens is 433 g/mol. The number of nitrogens with zero attached hydrogens (tertiary/aromatic N) is 4. The molecule has 1 unspecified atom stereocenters. The zero-order chi connectivity index (χ0) is 24.2. The van der Waals surface area contributed by atoms with Gasteiger partial charge in [0, 0.05) is 11.8 Å². The Bertz CT molecular complexity index is 1160. The number of halogens is 3. The van der Waals surface area contributed by atoms with Gasteiger partial charge in [0.1, 0.15) is 6.07 Å². The first-order valence-corrected chi connectivity index (χ1v) is 10.0. The van der Waals surface area contributed by atoms with Crippen molar-refractivity contribution in [1.82, 2.24) is 10.3 Å². The molecule has 0 radical (unpaired) electrons. The number of amides is 1. The van der Waals surface area contributed by atoms with Gasteiger partial charge in [0.2, 0.25) is 0 Å². The third-order valence-corrected chi connectivity index (χ3v) is 5.01. The molecule has 1 atom stereocenters. The van der Waals surface area contributed by atoms with Crippen molar-refractivity contribution in [2.45, 2.75) is 32.0 Å². The molecule has 1 fully saturated rings. The Morgan fingerprint density at radius 2 is 2.03 bits per heavy atom. The zero-order valence-electron chi connectivity index (χ0n) is 17.7. The standard InChI is InChI=1S/C23H21F3N6O/c1-13(16-4-5-16)17-7-18(9-19(8-17)23(24,25)26)22(33)31-14(2)21(30-12-28)32-20-6-3-15(10-27)11-29-20/h3,6-9,11-12,14,16H,1,4-5H2,2H3,(H,31,33)(H2,28,29,30,32). The fraction of sp³-hybridized carbons (Fsp3) is 0.261. The zero-order valence-corrected chi connectivity index (χ0v) is 17.7. The number of amidine groups is 1. The smallest absolute Gasteiger partial charge is 0.390 e. The van der Waals surface area contributed by atoms with Crippen molar-refractivity contribution in [3.8, 4) is 6.07 Å². The topological polar surface area (TPSA) is 117 Å². The predicted octanol–water partition coefficient (Wildman–Crippen LogP) is 4.23. The van der Waals surface area contributed by atoms with Crippen LogP contribution < -0.4 is 11.1 Å². The number of carbonyl (C=O) groups excluding carboxylic acids is 1. The molecule has 3 rings (SSSR count). The first kappa shape index (κ1) is 23.7. The monoisotopic (exact) mass is 454 g/mol. The number of nitrogens with one attached hydrogen (secondary N) is 1. The van der Waals surface area contributed by atoms with Gasteiger partial charge in [-0.2, -0.15) is 18.4 Å². The molecule has 170 valence electrons. The van der Waals surface area contributed by atoms with Gasteiger partial charge in [-0.15, -0.1) is 0 Å². The Kier molecular flexibility index (Phi) is 6.92. The maximum absolute atomic E-state index is 13.4. The van der Waals surface area contributed by atoms with Crippen LogP contribution in [0, 0.1) is 17.2 Å². The number of hydrogen-bond donors (Lipinski definition) is 2. The highest BCUT2D eigenvalue weighted by Gasteiger charge is 2.33. The summed E-state index contributed by atoms with van der Waals surface area (Å²) in [5.41, 5.74) is 5.53. The number of hydrogen-bond acceptors (Lipinski definition) is 4. The summed E-state index contributed by atoms with van der Waals surface area (Å²) in [6.45, 7) is 5.47. The van der Waals surface area contributed by atoms with E-state index < -0.39 is 23.7 Å². The number of aromatic nitrogens is 1. The molecule has 3 N–H and O–H groups in total. The number of rotatable bonds is 6. The summed E-state index contributed by atoms with van der Waals surface area (Å²) in [6, 6.07) is 7.35. The van der Waals surface area contributed by atoms with Gasteiger partial charge in [-0.3, -0.25) is 4.79 Å². The normalized spacial score (nSPS) is 15.2. The Morgan fingerprint density at radius 1 is 1.33 bits per heavy atom. The van der Waals surface area contributed by atoms with Gasteiger partial charge < -0.3 is 11.1 Å². The third-order valence-electron chi connectivity index (χ3n) is 5.01. The molecule has 1 aliphatic carbocycles. The van der Waals surface area contributed by atoms with Crippen molar-refractivity contribution < 1.29 is 18.0 Å². The first-order valence-electron chi connectivity index (χ1n) is 10.0. The lowest BCUT2D eigenvalue weighted by atomic mass is 9.97. The number of allylic oxidation sites excluding steroid dienone is 1. The van der Waals surface area contributed by atoms with E-state index in [2.05, 4.69) is 26.9 Å². The number of aliphatic imine (C=N–C) groups is 2. The van der Waals surface area contributed by atoms with Crippen LogP contribution in [0.25, 0.3) is 5.57 Å². The van der Waals surface area contributed by atoms with E-state index in [0.29, 0.717) is 16.7 Å². The molecule has 1 aromatic carbocycles. The van der Waals surface area contributed by atoms with Gasteiger partial charge in [-0.1, -0.05) is 6.58 Å². The summed E-state index contributed by atoms with van der Waals surface area (Å²) >= 11 is 0. The Hall–Kier alpha value is -4.00. The lowest BCUT2D eigenvalue weighted by Crippen LogP contribution is -2.38. The van der Waals surface area contributed by atoms with Crippen molar-refractivity contribution in [1.29, 1.82) is 5.26 Å². The molecule has 0 aliphatic heterocycles. The number of benzene rings is 1. The van der Waals surface area contributed by atoms with Crippen LogP contribution in [0.5, 0.6) is 0 Å². The van der Waals surface area contributed by atoms with Gasteiger partial charge >= 0.3 is 6.18 Å². The van der Waals surface area contributed by atoms with Crippen molar-refractivity contribution in [2.24, 2.45) is 21.6 Å². The van der Waals surface area contributed by atoms with Crippen LogP contribution in [0.1, 0.15) is 46.8 Å². The fourth-order valence-corrected chi connectivity index (χ4v) is 3.07. The van der Waals surface area contributed by atoms with Crippen molar-refractivity contribution in [3.05, 3.63) is 65.4 Å². The molecule has 0 saturated heterocycles. The molecule has 0 spiro atoms. The van der Waals surface area contributed by atoms with Crippen molar-refractivity contribution in [2.75, 3.05) is 0 Å². The van der Waals surface area contributed by atoms with Crippen LogP contribution in [-0.2, 0) is 6.18 Å². The molecule has 2 aromatic rings. The van der Waals surface area contributed by atoms with Crippen LogP contribution in [0.3, 0.4) is 0 Å². The van der Waals surface area contributed by atoms with Crippen LogP contribution in [0.15, 0.2) is 53.1 Å². The number of pyridine rings is 1. The van der Waals surface area contributed by atoms with E-state index in [1.165, 1.54) is 24.4 Å². The molecule has 7 nitrogen and oxygen atoms in total. The molecular formula is C23H21F3N6O. The Balaban J connectivity index is 1.87. The van der Waals surface area contributed by atoms with Crippen LogP contribution in [0.2, 0.25) is 0 Å². The van der Waals surface area contributed by atoms with Crippen LogP contribution >= 0.6 is 0 Å². The number of alkyl halides is 3. The average molecular weight is 454 g/mol. The first-order chi connectivity index (χ1) is 15.6. The summed E-state index contributed by atoms with van der Waals surface area (Å²) in [5.74, 6) is -0.289. The second kappa shape index (κ2) is 9.65. The predicted molar refractivity (Wildman–Crippen MR) is 119 cm³/mol. The lowest BCUT2D eigenvalue weighted by Gasteiger charge is -2.16. The molecule has 1 aromatic heterocycles. The minimum absolute atomic E-state index is 0.0812. The summed E-state index contributed by atoms with van der Waals surface area (Å²) < 4.78 is 40.3. The summed E-state index contributed by atoms with van der Waals surface area (Å²) in [7, 11) is 0. The SMILES string of the molecule is C=C(c1cc(C(=O)NC(C)C(N=CN)=Nc2ccc(C#N)cn2)cc(C(F)(F)F)c1)C1CC1. The average Bonchev–Trinajstić information content (AvgIpc) is 3.63. The maximum Gasteiger partial charge on any atom is 0.416 e. The second-order valence-electron chi connectivity index (χ2n) is 7.56. The van der Waals surface area contributed by atoms with Gasteiger partial charge in [0.15, 0.2) is 11.7 Å². The maximum atomic E-state index is 13.4. The highest BCUT2D eigenvalue weighted by Crippen LogP contribution is 2.42. The van der Waals surface area contributed by atoms with Crippen molar-refractivity contribution >= 4 is 29.5 Å². The molecule has 1 saturated carbocycles. The number of nitrogens with two attached hydrogens (primary N) is 1. The molecule has 1 heterocycles. The minimum atomic E-state index is -4.61. The Labute approximate surface area is 188 Å². The summed E-state index contributed by atoms with van der Waals surface area (Å²) in [5, 5.41) is 11.5. The van der Waals surface area contributed by atoms with Gasteiger partial charge in [0.05, 0.1) is 23.5 Å². The van der Waals surface area contributed by atoms with E-state index in [1.54, 1.807) is 6.92 Å². The Morgan fingerprint density at radius 3 is 2.58 bits per heavy atom. The summed E-state index contributed by atoms with van der Waals surface area (Å²) in [4.78, 5) is 25.0. The van der Waals surface area contributed by atoms with E-state index in [4.69, 9.17) is 11.0 Å². The largest absolute Gasteiger partial charge is 0.416 e. The number of carbonyl (C=O) groups is 1. The summed E-state index contributed by atoms with van der Waals surface area (Å²) in [6.07, 6.45) is -0.573. The van der Waals surface area contributed by atoms with E-state index >= 15 is 0 Å². The van der Waals surface area contributed by atoms with E-state index in [1.807, 2.05) is 6.07 Å². The van der Waals surface area contributed by atoms with Crippen LogP contribution in [0.4, 0.5) is 19.0 Å². The van der Waals surface area contributed by atoms with E-state index in [9.17, 15) is 18.0 Å². The highest BCUT2D eigenvalue weighted by molar-refractivity contribution is 6.01. The van der Waals surface area contributed by atoms with Gasteiger partial charge in [-0.05, 0) is 67.2 Å². The molecule has 10 heteroatoms. The van der Waals surface area contributed by atoms with Crippen molar-refractivity contribution in [3.63, 3.8) is 0 Å². The lowest BCUT2D eigenvalue weighted by molar-refractivity contribution is -0.137. The minimum Gasteiger partial charge on any atom is -0.390 e. The molecule has 1 amide bonds. The fourth-order valence-electron chi connectivity index (χ4n) is 3.07. The van der Waals surface area contributed by atoms with Crippen LogP contribution in [-0.4, -0.2) is 29.1 Å². The molecule has 0 bridgehead atoms. The van der Waals surface area contributed by atoms with E-state index in [0.717, 1.165) is 31.3 Å². The van der Waals surface area contributed by atoms with E-state index in [-0.39, 0.29) is 23.1 Å². The quantitative estimate of drug-likeness (QED) is 0.502. The van der Waals surface area contributed by atoms with Gasteiger partial charge in [0.25, 0.3) is 5.91 Å². The highest BCUT2D eigenvalue weighted by atomic mass is 19.4. The van der Waals surface area contributed by atoms with Gasteiger partial charge in [-0.25, -0.2) is 15.0 Å². The third kappa shape index (κ3) is 6.04. The molecule has 1 aliphatic rings. The number of nitriles is 1. The second-order valence-corrected chi connectivity index (χ2v) is 7.56. The molecule has 33 heavy (non-hydrogen) atoms.